The highest BCUT2D eigenvalue weighted by atomic mass is 19.1. The van der Waals surface area contributed by atoms with Crippen molar-refractivity contribution in [3.8, 4) is 11.3 Å². The van der Waals surface area contributed by atoms with Gasteiger partial charge in [0, 0.05) is 57.1 Å². The summed E-state index contributed by atoms with van der Waals surface area (Å²) in [6.07, 6.45) is 7.14. The fourth-order valence-corrected chi connectivity index (χ4v) is 3.24. The molecule has 1 aromatic carbocycles. The van der Waals surface area contributed by atoms with E-state index in [9.17, 15) is 8.78 Å². The van der Waals surface area contributed by atoms with Crippen molar-refractivity contribution >= 4 is 5.82 Å². The lowest BCUT2D eigenvalue weighted by Crippen LogP contribution is -2.46. The van der Waals surface area contributed by atoms with Gasteiger partial charge in [-0.25, -0.2) is 13.8 Å². The molecular formula is C19H20F2N6. The summed E-state index contributed by atoms with van der Waals surface area (Å²) in [4.78, 5) is 13.3. The Morgan fingerprint density at radius 2 is 1.85 bits per heavy atom. The lowest BCUT2D eigenvalue weighted by molar-refractivity contribution is 0.245. The molecule has 1 aliphatic heterocycles. The lowest BCUT2D eigenvalue weighted by atomic mass is 10.1. The predicted molar refractivity (Wildman–Crippen MR) is 98.1 cm³/mol. The molecule has 140 valence electrons. The number of halogens is 2. The molecule has 0 amide bonds. The van der Waals surface area contributed by atoms with Gasteiger partial charge < -0.3 is 4.90 Å². The van der Waals surface area contributed by atoms with Crippen LogP contribution in [-0.4, -0.2) is 50.8 Å². The third kappa shape index (κ3) is 3.95. The van der Waals surface area contributed by atoms with Crippen LogP contribution in [0.15, 0.2) is 43.0 Å². The summed E-state index contributed by atoms with van der Waals surface area (Å²) >= 11 is 0. The van der Waals surface area contributed by atoms with Crippen LogP contribution in [0.5, 0.6) is 0 Å². The molecule has 0 bridgehead atoms. The number of benzene rings is 1. The maximum absolute atomic E-state index is 13.8. The number of piperazine rings is 1. The molecule has 0 unspecified atom stereocenters. The zero-order valence-corrected chi connectivity index (χ0v) is 15.0. The Morgan fingerprint density at radius 1 is 1.04 bits per heavy atom. The van der Waals surface area contributed by atoms with Gasteiger partial charge in [-0.3, -0.25) is 14.6 Å². The third-order valence-electron chi connectivity index (χ3n) is 4.72. The summed E-state index contributed by atoms with van der Waals surface area (Å²) in [5.74, 6) is 0.0364. The molecule has 3 heterocycles. The van der Waals surface area contributed by atoms with Crippen molar-refractivity contribution in [1.29, 1.82) is 0 Å². The first-order valence-corrected chi connectivity index (χ1v) is 8.81. The minimum atomic E-state index is -0.410. The molecule has 0 saturated carbocycles. The van der Waals surface area contributed by atoms with Crippen molar-refractivity contribution in [2.45, 2.75) is 6.54 Å². The van der Waals surface area contributed by atoms with Crippen LogP contribution in [0.4, 0.5) is 14.6 Å². The maximum Gasteiger partial charge on any atom is 0.147 e. The molecule has 0 atom stereocenters. The largest absolute Gasteiger partial charge is 0.353 e. The molecule has 1 saturated heterocycles. The number of hydrogen-bond acceptors (Lipinski definition) is 5. The maximum atomic E-state index is 13.8. The topological polar surface area (TPSA) is 50.1 Å². The fraction of sp³-hybridized carbons (Fsp3) is 0.316. The minimum Gasteiger partial charge on any atom is -0.353 e. The Hall–Kier alpha value is -2.87. The SMILES string of the molecule is Cn1cc(-c2cncc(N3CCN(Cc4cc(F)ccc4F)CC3)n2)cn1. The van der Waals surface area contributed by atoms with E-state index in [1.165, 1.54) is 12.1 Å². The van der Waals surface area contributed by atoms with E-state index in [0.717, 1.165) is 49.3 Å². The predicted octanol–water partition coefficient (Wildman–Crippen LogP) is 2.48. The summed E-state index contributed by atoms with van der Waals surface area (Å²) in [7, 11) is 1.86. The summed E-state index contributed by atoms with van der Waals surface area (Å²) in [6, 6.07) is 3.59. The minimum absolute atomic E-state index is 0.367. The smallest absolute Gasteiger partial charge is 0.147 e. The van der Waals surface area contributed by atoms with Crippen molar-refractivity contribution in [2.75, 3.05) is 31.1 Å². The average molecular weight is 370 g/mol. The first-order chi connectivity index (χ1) is 13.1. The second-order valence-corrected chi connectivity index (χ2v) is 6.66. The molecule has 27 heavy (non-hydrogen) atoms. The molecule has 4 rings (SSSR count). The molecule has 0 aliphatic carbocycles. The molecule has 1 fully saturated rings. The van der Waals surface area contributed by atoms with Crippen molar-refractivity contribution in [1.82, 2.24) is 24.6 Å². The van der Waals surface area contributed by atoms with E-state index in [4.69, 9.17) is 4.98 Å². The summed E-state index contributed by atoms with van der Waals surface area (Å²) in [6.45, 7) is 3.40. The first kappa shape index (κ1) is 17.5. The van der Waals surface area contributed by atoms with Gasteiger partial charge in [-0.05, 0) is 18.2 Å². The van der Waals surface area contributed by atoms with Gasteiger partial charge in [0.1, 0.15) is 17.5 Å². The zero-order valence-electron chi connectivity index (χ0n) is 15.0. The Kier molecular flexibility index (Phi) is 4.81. The van der Waals surface area contributed by atoms with E-state index in [0.29, 0.717) is 12.1 Å². The average Bonchev–Trinajstić information content (AvgIpc) is 3.12. The molecule has 0 N–H and O–H groups in total. The number of aryl methyl sites for hydroxylation is 1. The van der Waals surface area contributed by atoms with E-state index in [1.54, 1.807) is 23.3 Å². The molecule has 0 radical (unpaired) electrons. The molecule has 6 nitrogen and oxygen atoms in total. The van der Waals surface area contributed by atoms with Gasteiger partial charge in [-0.1, -0.05) is 0 Å². The zero-order chi connectivity index (χ0) is 18.8. The van der Waals surface area contributed by atoms with Gasteiger partial charge in [0.25, 0.3) is 0 Å². The van der Waals surface area contributed by atoms with Crippen LogP contribution in [0.2, 0.25) is 0 Å². The lowest BCUT2D eigenvalue weighted by Gasteiger charge is -2.35. The first-order valence-electron chi connectivity index (χ1n) is 8.81. The molecule has 0 spiro atoms. The highest BCUT2D eigenvalue weighted by Crippen LogP contribution is 2.20. The normalized spacial score (nSPS) is 15.3. The van der Waals surface area contributed by atoms with Crippen LogP contribution < -0.4 is 4.90 Å². The van der Waals surface area contributed by atoms with Crippen molar-refractivity contribution in [3.63, 3.8) is 0 Å². The van der Waals surface area contributed by atoms with E-state index in [2.05, 4.69) is 19.9 Å². The van der Waals surface area contributed by atoms with Gasteiger partial charge >= 0.3 is 0 Å². The van der Waals surface area contributed by atoms with E-state index in [-0.39, 0.29) is 5.82 Å². The van der Waals surface area contributed by atoms with Crippen molar-refractivity contribution < 1.29 is 8.78 Å². The van der Waals surface area contributed by atoms with Crippen LogP contribution in [0, 0.1) is 11.6 Å². The highest BCUT2D eigenvalue weighted by molar-refractivity contribution is 5.58. The van der Waals surface area contributed by atoms with E-state index < -0.39 is 5.82 Å². The van der Waals surface area contributed by atoms with Crippen molar-refractivity contribution in [3.05, 3.63) is 60.2 Å². The number of hydrogen-bond donors (Lipinski definition) is 0. The second-order valence-electron chi connectivity index (χ2n) is 6.66. The van der Waals surface area contributed by atoms with Crippen LogP contribution >= 0.6 is 0 Å². The van der Waals surface area contributed by atoms with Gasteiger partial charge in [0.2, 0.25) is 0 Å². The summed E-state index contributed by atoms with van der Waals surface area (Å²) in [5.41, 5.74) is 2.10. The number of nitrogens with zero attached hydrogens (tertiary/aromatic N) is 6. The van der Waals surface area contributed by atoms with Gasteiger partial charge in [0.15, 0.2) is 0 Å². The van der Waals surface area contributed by atoms with Crippen molar-refractivity contribution in [2.24, 2.45) is 7.05 Å². The Balaban J connectivity index is 1.41. The third-order valence-corrected chi connectivity index (χ3v) is 4.72. The second kappa shape index (κ2) is 7.40. The van der Waals surface area contributed by atoms with Crippen LogP contribution in [0.3, 0.4) is 0 Å². The quantitative estimate of drug-likeness (QED) is 0.706. The Labute approximate surface area is 156 Å². The number of rotatable bonds is 4. The molecule has 1 aliphatic rings. The van der Waals surface area contributed by atoms with Gasteiger partial charge in [-0.15, -0.1) is 0 Å². The standard InChI is InChI=1S/C19H20F2N6/c1-25-12-15(9-23-25)18-10-22-11-19(24-18)27-6-4-26(5-7-27)13-14-8-16(20)2-3-17(14)21/h2-3,8-12H,4-7,13H2,1H3. The monoisotopic (exact) mass is 370 g/mol. The number of anilines is 1. The molecule has 8 heteroatoms. The van der Waals surface area contributed by atoms with E-state index in [1.807, 2.05) is 13.2 Å². The van der Waals surface area contributed by atoms with Crippen LogP contribution in [0.25, 0.3) is 11.3 Å². The van der Waals surface area contributed by atoms with Crippen LogP contribution in [0.1, 0.15) is 5.56 Å². The van der Waals surface area contributed by atoms with Gasteiger partial charge in [0.05, 0.1) is 24.3 Å². The fourth-order valence-electron chi connectivity index (χ4n) is 3.24. The van der Waals surface area contributed by atoms with Gasteiger partial charge in [-0.2, -0.15) is 5.10 Å². The molecule has 2 aromatic heterocycles. The highest BCUT2D eigenvalue weighted by Gasteiger charge is 2.20. The Bertz CT molecular complexity index is 933. The van der Waals surface area contributed by atoms with Crippen LogP contribution in [-0.2, 0) is 13.6 Å². The van der Waals surface area contributed by atoms with E-state index >= 15 is 0 Å². The summed E-state index contributed by atoms with van der Waals surface area (Å²) in [5, 5.41) is 4.17. The molecular weight excluding hydrogens is 350 g/mol. The molecule has 3 aromatic rings. The number of aromatic nitrogens is 4. The summed E-state index contributed by atoms with van der Waals surface area (Å²) < 4.78 is 28.9. The Morgan fingerprint density at radius 3 is 2.59 bits per heavy atom.